The van der Waals surface area contributed by atoms with E-state index in [0.717, 1.165) is 0 Å². The first kappa shape index (κ1) is 16.0. The summed E-state index contributed by atoms with van der Waals surface area (Å²) < 4.78 is 33.5. The summed E-state index contributed by atoms with van der Waals surface area (Å²) in [6.45, 7) is 2.59. The van der Waals surface area contributed by atoms with Crippen LogP contribution in [0, 0.1) is 5.92 Å². The van der Waals surface area contributed by atoms with Crippen molar-refractivity contribution in [3.63, 3.8) is 0 Å². The molecule has 1 aliphatic rings. The highest BCUT2D eigenvalue weighted by molar-refractivity contribution is 7.89. The van der Waals surface area contributed by atoms with Gasteiger partial charge in [0, 0.05) is 18.8 Å². The average molecular weight is 315 g/mol. The number of carbonyl (C=O) groups is 1. The lowest BCUT2D eigenvalue weighted by Crippen LogP contribution is -2.39. The van der Waals surface area contributed by atoms with Crippen LogP contribution in [0.2, 0.25) is 0 Å². The lowest BCUT2D eigenvalue weighted by molar-refractivity contribution is -0.146. The van der Waals surface area contributed by atoms with Gasteiger partial charge in [-0.1, -0.05) is 0 Å². The van der Waals surface area contributed by atoms with Crippen molar-refractivity contribution in [1.82, 2.24) is 14.3 Å². The molecule has 1 heterocycles. The Bertz CT molecular complexity index is 588. The molecule has 0 amide bonds. The third-order valence-electron chi connectivity index (χ3n) is 3.83. The van der Waals surface area contributed by atoms with Crippen molar-refractivity contribution in [2.75, 3.05) is 7.11 Å². The van der Waals surface area contributed by atoms with Crippen molar-refractivity contribution in [2.24, 2.45) is 5.92 Å². The van der Waals surface area contributed by atoms with Gasteiger partial charge in [-0.25, -0.2) is 18.1 Å². The van der Waals surface area contributed by atoms with E-state index < -0.39 is 10.0 Å². The second-order valence-corrected chi connectivity index (χ2v) is 6.90. The third-order valence-corrected chi connectivity index (χ3v) is 5.24. The van der Waals surface area contributed by atoms with E-state index in [2.05, 4.69) is 9.71 Å². The maximum Gasteiger partial charge on any atom is 0.308 e. The minimum absolute atomic E-state index is 0.0411. The minimum atomic E-state index is -3.59. The van der Waals surface area contributed by atoms with E-state index in [1.807, 2.05) is 6.92 Å². The number of methoxy groups -OCH3 is 1. The minimum Gasteiger partial charge on any atom is -0.469 e. The monoisotopic (exact) mass is 315 g/mol. The Labute approximate surface area is 124 Å². The maximum absolute atomic E-state index is 12.2. The summed E-state index contributed by atoms with van der Waals surface area (Å²) in [5.41, 5.74) is 0. The number of rotatable bonds is 5. The number of imidazole rings is 1. The lowest BCUT2D eigenvalue weighted by Gasteiger charge is -2.27. The largest absolute Gasteiger partial charge is 0.469 e. The molecule has 0 saturated heterocycles. The van der Waals surface area contributed by atoms with Crippen molar-refractivity contribution < 1.29 is 17.9 Å². The zero-order valence-corrected chi connectivity index (χ0v) is 13.1. The molecule has 0 aromatic carbocycles. The first-order valence-electron chi connectivity index (χ1n) is 7.08. The molecule has 0 unspecified atom stereocenters. The number of hydrogen-bond donors (Lipinski definition) is 1. The molecule has 2 rings (SSSR count). The van der Waals surface area contributed by atoms with Crippen LogP contribution in [0.15, 0.2) is 17.6 Å². The van der Waals surface area contributed by atoms with Crippen LogP contribution in [0.25, 0.3) is 0 Å². The Morgan fingerprint density at radius 1 is 1.43 bits per heavy atom. The number of aryl methyl sites for hydroxylation is 1. The Balaban J connectivity index is 1.94. The van der Waals surface area contributed by atoms with Crippen molar-refractivity contribution in [2.45, 2.75) is 50.2 Å². The van der Waals surface area contributed by atoms with Crippen LogP contribution in [0.4, 0.5) is 0 Å². The molecule has 0 spiro atoms. The van der Waals surface area contributed by atoms with Crippen molar-refractivity contribution in [3.05, 3.63) is 12.5 Å². The Kier molecular flexibility index (Phi) is 5.00. The number of sulfonamides is 1. The van der Waals surface area contributed by atoms with Gasteiger partial charge in [0.15, 0.2) is 5.03 Å². The number of nitrogens with one attached hydrogen (secondary N) is 1. The molecular formula is C13H21N3O4S. The van der Waals surface area contributed by atoms with Gasteiger partial charge in [0.2, 0.25) is 0 Å². The summed E-state index contributed by atoms with van der Waals surface area (Å²) in [5, 5.41) is 0.0411. The molecule has 8 heteroatoms. The molecule has 1 aromatic rings. The molecule has 0 radical (unpaired) electrons. The van der Waals surface area contributed by atoms with Gasteiger partial charge in [0.05, 0.1) is 19.4 Å². The number of hydrogen-bond acceptors (Lipinski definition) is 5. The molecule has 21 heavy (non-hydrogen) atoms. The number of aromatic nitrogens is 2. The molecule has 0 bridgehead atoms. The molecule has 1 fully saturated rings. The third kappa shape index (κ3) is 3.82. The molecular weight excluding hydrogens is 294 g/mol. The molecule has 1 aromatic heterocycles. The van der Waals surface area contributed by atoms with Crippen LogP contribution < -0.4 is 4.72 Å². The molecule has 1 aliphatic carbocycles. The van der Waals surface area contributed by atoms with Gasteiger partial charge in [-0.15, -0.1) is 0 Å². The second-order valence-electron chi connectivity index (χ2n) is 5.24. The van der Waals surface area contributed by atoms with Crippen LogP contribution >= 0.6 is 0 Å². The molecule has 1 N–H and O–H groups in total. The Hall–Kier alpha value is -1.41. The average Bonchev–Trinajstić information content (AvgIpc) is 2.96. The van der Waals surface area contributed by atoms with Crippen molar-refractivity contribution >= 4 is 16.0 Å². The van der Waals surface area contributed by atoms with Gasteiger partial charge >= 0.3 is 5.97 Å². The number of ether oxygens (including phenoxy) is 1. The van der Waals surface area contributed by atoms with Crippen LogP contribution in [0.5, 0.6) is 0 Å². The first-order chi connectivity index (χ1) is 9.96. The second kappa shape index (κ2) is 6.57. The van der Waals surface area contributed by atoms with Crippen molar-refractivity contribution in [1.29, 1.82) is 0 Å². The molecule has 1 saturated carbocycles. The van der Waals surface area contributed by atoms with Gasteiger partial charge in [-0.2, -0.15) is 0 Å². The summed E-state index contributed by atoms with van der Waals surface area (Å²) in [6, 6.07) is -0.150. The summed E-state index contributed by atoms with van der Waals surface area (Å²) in [7, 11) is -2.21. The summed E-state index contributed by atoms with van der Waals surface area (Å²) in [4.78, 5) is 15.4. The van der Waals surface area contributed by atoms with Gasteiger partial charge in [-0.05, 0) is 32.6 Å². The van der Waals surface area contributed by atoms with E-state index in [-0.39, 0.29) is 23.0 Å². The quantitative estimate of drug-likeness (QED) is 0.816. The van der Waals surface area contributed by atoms with E-state index >= 15 is 0 Å². The van der Waals surface area contributed by atoms with E-state index in [0.29, 0.717) is 32.2 Å². The normalized spacial score (nSPS) is 23.0. The predicted molar refractivity (Wildman–Crippen MR) is 76.0 cm³/mol. The fraction of sp³-hybridized carbons (Fsp3) is 0.692. The Morgan fingerprint density at radius 2 is 2.10 bits per heavy atom. The van der Waals surface area contributed by atoms with E-state index in [9.17, 15) is 13.2 Å². The van der Waals surface area contributed by atoms with E-state index in [4.69, 9.17) is 4.74 Å². The van der Waals surface area contributed by atoms with Gasteiger partial charge in [0.1, 0.15) is 0 Å². The summed E-state index contributed by atoms with van der Waals surface area (Å²) in [5.74, 6) is -0.326. The molecule has 0 aliphatic heterocycles. The summed E-state index contributed by atoms with van der Waals surface area (Å²) >= 11 is 0. The molecule has 118 valence electrons. The van der Waals surface area contributed by atoms with Crippen LogP contribution in [0.3, 0.4) is 0 Å². The fourth-order valence-electron chi connectivity index (χ4n) is 2.54. The van der Waals surface area contributed by atoms with Gasteiger partial charge in [0.25, 0.3) is 10.0 Å². The standard InChI is InChI=1S/C13H21N3O4S/c1-3-16-8-12(14-9-16)21(18,19)15-11-6-4-10(5-7-11)13(17)20-2/h8-11,15H,3-7H2,1-2H3. The summed E-state index contributed by atoms with van der Waals surface area (Å²) in [6.07, 6.45) is 5.57. The van der Waals surface area contributed by atoms with Gasteiger partial charge < -0.3 is 9.30 Å². The molecule has 7 nitrogen and oxygen atoms in total. The first-order valence-corrected chi connectivity index (χ1v) is 8.56. The highest BCUT2D eigenvalue weighted by Crippen LogP contribution is 2.26. The van der Waals surface area contributed by atoms with Crippen LogP contribution in [0.1, 0.15) is 32.6 Å². The van der Waals surface area contributed by atoms with Crippen LogP contribution in [-0.4, -0.2) is 37.1 Å². The van der Waals surface area contributed by atoms with Crippen molar-refractivity contribution in [3.8, 4) is 0 Å². The number of nitrogens with zero attached hydrogens (tertiary/aromatic N) is 2. The SMILES string of the molecule is CCn1cnc(S(=O)(=O)NC2CCC(C(=O)OC)CC2)c1. The van der Waals surface area contributed by atoms with Crippen LogP contribution in [-0.2, 0) is 26.1 Å². The lowest BCUT2D eigenvalue weighted by atomic mass is 9.86. The number of esters is 1. The zero-order valence-electron chi connectivity index (χ0n) is 12.3. The maximum atomic E-state index is 12.2. The smallest absolute Gasteiger partial charge is 0.308 e. The number of carbonyl (C=O) groups excluding carboxylic acids is 1. The topological polar surface area (TPSA) is 90.3 Å². The highest BCUT2D eigenvalue weighted by Gasteiger charge is 2.30. The fourth-order valence-corrected chi connectivity index (χ4v) is 3.80. The van der Waals surface area contributed by atoms with Gasteiger partial charge in [-0.3, -0.25) is 4.79 Å². The van der Waals surface area contributed by atoms with E-state index in [1.165, 1.54) is 19.6 Å². The highest BCUT2D eigenvalue weighted by atomic mass is 32.2. The Morgan fingerprint density at radius 3 is 2.62 bits per heavy atom. The molecule has 0 atom stereocenters. The predicted octanol–water partition coefficient (Wildman–Crippen LogP) is 0.913. The van der Waals surface area contributed by atoms with E-state index in [1.54, 1.807) is 4.57 Å². The zero-order chi connectivity index (χ0) is 15.5.